The molecule has 0 radical (unpaired) electrons. The number of anilines is 1. The molecule has 0 amide bonds. The van der Waals surface area contributed by atoms with Crippen molar-refractivity contribution in [2.24, 2.45) is 5.41 Å². The van der Waals surface area contributed by atoms with E-state index in [2.05, 4.69) is 5.32 Å². The fraction of sp³-hybridized carbons (Fsp3) is 0.538. The molecule has 0 saturated carbocycles. The van der Waals surface area contributed by atoms with Gasteiger partial charge in [-0.15, -0.1) is 0 Å². The van der Waals surface area contributed by atoms with Gasteiger partial charge in [-0.2, -0.15) is 0 Å². The number of rotatable bonds is 6. The van der Waals surface area contributed by atoms with Gasteiger partial charge in [-0.3, -0.25) is 10.1 Å². The predicted molar refractivity (Wildman–Crippen MR) is 73.8 cm³/mol. The van der Waals surface area contributed by atoms with Gasteiger partial charge in [0.25, 0.3) is 5.69 Å². The monoisotopic (exact) mass is 287 g/mol. The Hall–Kier alpha value is -1.76. The Balaban J connectivity index is 2.86. The minimum atomic E-state index is -0.961. The van der Waals surface area contributed by atoms with Crippen molar-refractivity contribution in [2.75, 3.05) is 32.5 Å². The summed E-state index contributed by atoms with van der Waals surface area (Å²) in [7, 11) is 3.82. The third kappa shape index (κ3) is 4.41. The maximum Gasteiger partial charge on any atom is 0.275 e. The molecule has 0 fully saturated rings. The van der Waals surface area contributed by atoms with E-state index in [9.17, 15) is 18.9 Å². The highest BCUT2D eigenvalue weighted by Crippen LogP contribution is 2.26. The van der Waals surface area contributed by atoms with Crippen LogP contribution >= 0.6 is 0 Å². The molecule has 20 heavy (non-hydrogen) atoms. The summed E-state index contributed by atoms with van der Waals surface area (Å²) in [6.07, 6.45) is 0. The van der Waals surface area contributed by atoms with Crippen LogP contribution in [-0.2, 0) is 0 Å². The fourth-order valence-electron chi connectivity index (χ4n) is 2.07. The quantitative estimate of drug-likeness (QED) is 0.645. The Kier molecular flexibility index (Phi) is 4.99. The number of nitrogens with zero attached hydrogens (tertiary/aromatic N) is 2. The van der Waals surface area contributed by atoms with Crippen molar-refractivity contribution < 1.29 is 13.7 Å². The molecule has 112 valence electrons. The number of hydrogen-bond acceptors (Lipinski definition) is 4. The molecular weight excluding hydrogens is 268 g/mol. The molecule has 1 N–H and O–H groups in total. The van der Waals surface area contributed by atoms with Crippen LogP contribution in [0.4, 0.5) is 20.2 Å². The Morgan fingerprint density at radius 2 is 1.80 bits per heavy atom. The first-order chi connectivity index (χ1) is 9.12. The van der Waals surface area contributed by atoms with Crippen molar-refractivity contribution in [1.82, 2.24) is 4.90 Å². The molecule has 1 rings (SSSR count). The first-order valence-electron chi connectivity index (χ1n) is 6.14. The van der Waals surface area contributed by atoms with Crippen LogP contribution in [0.15, 0.2) is 12.1 Å². The average molecular weight is 287 g/mol. The maximum absolute atomic E-state index is 13.7. The lowest BCUT2D eigenvalue weighted by Gasteiger charge is -2.29. The number of nitrogens with one attached hydrogen (secondary N) is 1. The van der Waals surface area contributed by atoms with Crippen molar-refractivity contribution in [3.63, 3.8) is 0 Å². The molecule has 0 aliphatic carbocycles. The summed E-state index contributed by atoms with van der Waals surface area (Å²) >= 11 is 0. The van der Waals surface area contributed by atoms with E-state index in [1.54, 1.807) is 0 Å². The highest BCUT2D eigenvalue weighted by molar-refractivity contribution is 5.51. The average Bonchev–Trinajstić information content (AvgIpc) is 2.25. The van der Waals surface area contributed by atoms with E-state index >= 15 is 0 Å². The van der Waals surface area contributed by atoms with E-state index in [0.29, 0.717) is 18.7 Å². The smallest absolute Gasteiger partial charge is 0.275 e. The number of nitro benzene ring substituents is 1. The molecule has 0 aliphatic rings. The predicted octanol–water partition coefficient (Wildman–Crippen LogP) is 2.87. The SMILES string of the molecule is CN(C)CC(C)(C)CNc1c(F)cc([N+](=O)[O-])cc1F. The van der Waals surface area contributed by atoms with Gasteiger partial charge in [-0.25, -0.2) is 8.78 Å². The second-order valence-corrected chi connectivity index (χ2v) is 5.80. The molecule has 1 aromatic carbocycles. The van der Waals surface area contributed by atoms with Crippen LogP contribution in [0.3, 0.4) is 0 Å². The third-order valence-corrected chi connectivity index (χ3v) is 2.73. The lowest BCUT2D eigenvalue weighted by atomic mass is 9.93. The number of halogens is 2. The molecule has 0 heterocycles. The van der Waals surface area contributed by atoms with Crippen molar-refractivity contribution in [3.8, 4) is 0 Å². The van der Waals surface area contributed by atoms with Gasteiger partial charge in [0.1, 0.15) is 5.69 Å². The first kappa shape index (κ1) is 16.3. The minimum Gasteiger partial charge on any atom is -0.380 e. The fourth-order valence-corrected chi connectivity index (χ4v) is 2.07. The Labute approximate surface area is 116 Å². The number of benzene rings is 1. The molecule has 5 nitrogen and oxygen atoms in total. The van der Waals surface area contributed by atoms with E-state index < -0.39 is 22.2 Å². The van der Waals surface area contributed by atoms with Crippen LogP contribution in [0, 0.1) is 27.2 Å². The van der Waals surface area contributed by atoms with Gasteiger partial charge in [-0.05, 0) is 19.5 Å². The highest BCUT2D eigenvalue weighted by Gasteiger charge is 2.22. The highest BCUT2D eigenvalue weighted by atomic mass is 19.1. The summed E-state index contributed by atoms with van der Waals surface area (Å²) in [5.41, 5.74) is -1.13. The summed E-state index contributed by atoms with van der Waals surface area (Å²) in [6.45, 7) is 5.00. The van der Waals surface area contributed by atoms with Crippen LogP contribution in [0.5, 0.6) is 0 Å². The van der Waals surface area contributed by atoms with Crippen LogP contribution < -0.4 is 5.32 Å². The zero-order valence-electron chi connectivity index (χ0n) is 12.0. The Morgan fingerprint density at radius 1 is 1.30 bits per heavy atom. The van der Waals surface area contributed by atoms with E-state index in [4.69, 9.17) is 0 Å². The van der Waals surface area contributed by atoms with Crippen molar-refractivity contribution >= 4 is 11.4 Å². The van der Waals surface area contributed by atoms with Gasteiger partial charge in [0, 0.05) is 13.1 Å². The van der Waals surface area contributed by atoms with E-state index in [1.165, 1.54) is 0 Å². The Bertz CT molecular complexity index is 481. The topological polar surface area (TPSA) is 58.4 Å². The van der Waals surface area contributed by atoms with Crippen LogP contribution in [0.2, 0.25) is 0 Å². The summed E-state index contributed by atoms with van der Waals surface area (Å²) in [5.74, 6) is -1.92. The second kappa shape index (κ2) is 6.13. The van der Waals surface area contributed by atoms with Crippen molar-refractivity contribution in [3.05, 3.63) is 33.9 Å². The van der Waals surface area contributed by atoms with Gasteiger partial charge >= 0.3 is 0 Å². The van der Waals surface area contributed by atoms with Gasteiger partial charge in [0.2, 0.25) is 0 Å². The molecule has 0 aromatic heterocycles. The van der Waals surface area contributed by atoms with Crippen LogP contribution in [0.25, 0.3) is 0 Å². The molecule has 0 unspecified atom stereocenters. The van der Waals surface area contributed by atoms with Gasteiger partial charge < -0.3 is 10.2 Å². The van der Waals surface area contributed by atoms with E-state index in [1.807, 2.05) is 32.8 Å². The molecule has 0 bridgehead atoms. The lowest BCUT2D eigenvalue weighted by molar-refractivity contribution is -0.385. The number of hydrogen-bond donors (Lipinski definition) is 1. The number of nitro groups is 1. The second-order valence-electron chi connectivity index (χ2n) is 5.80. The lowest BCUT2D eigenvalue weighted by Crippen LogP contribution is -2.34. The molecule has 0 atom stereocenters. The molecule has 0 spiro atoms. The normalized spacial score (nSPS) is 11.8. The van der Waals surface area contributed by atoms with Crippen molar-refractivity contribution in [2.45, 2.75) is 13.8 Å². The molecular formula is C13H19F2N3O2. The largest absolute Gasteiger partial charge is 0.380 e. The third-order valence-electron chi connectivity index (χ3n) is 2.73. The van der Waals surface area contributed by atoms with Crippen LogP contribution in [-0.4, -0.2) is 37.0 Å². The molecule has 0 saturated heterocycles. The molecule has 1 aromatic rings. The summed E-state index contributed by atoms with van der Waals surface area (Å²) in [6, 6.07) is 1.43. The summed E-state index contributed by atoms with van der Waals surface area (Å²) in [5, 5.41) is 13.2. The van der Waals surface area contributed by atoms with Crippen molar-refractivity contribution in [1.29, 1.82) is 0 Å². The molecule has 0 aliphatic heterocycles. The standard InChI is InChI=1S/C13H19F2N3O2/c1-13(2,8-17(3)4)7-16-12-10(14)5-9(18(19)20)6-11(12)15/h5-6,16H,7-8H2,1-4H3. The maximum atomic E-state index is 13.7. The first-order valence-corrected chi connectivity index (χ1v) is 6.14. The number of non-ortho nitro benzene ring substituents is 1. The van der Waals surface area contributed by atoms with Gasteiger partial charge in [0.05, 0.1) is 17.1 Å². The van der Waals surface area contributed by atoms with Crippen LogP contribution in [0.1, 0.15) is 13.8 Å². The summed E-state index contributed by atoms with van der Waals surface area (Å²) in [4.78, 5) is 11.7. The van der Waals surface area contributed by atoms with Gasteiger partial charge in [-0.1, -0.05) is 13.8 Å². The Morgan fingerprint density at radius 3 is 2.20 bits per heavy atom. The van der Waals surface area contributed by atoms with E-state index in [0.717, 1.165) is 6.54 Å². The van der Waals surface area contributed by atoms with E-state index in [-0.39, 0.29) is 11.1 Å². The minimum absolute atomic E-state index is 0.204. The summed E-state index contributed by atoms with van der Waals surface area (Å²) < 4.78 is 27.4. The zero-order chi connectivity index (χ0) is 15.5. The van der Waals surface area contributed by atoms with Gasteiger partial charge in [0.15, 0.2) is 11.6 Å². The molecule has 7 heteroatoms. The zero-order valence-corrected chi connectivity index (χ0v) is 12.0.